The molecule has 2 rings (SSSR count). The molecule has 0 aliphatic heterocycles. The van der Waals surface area contributed by atoms with E-state index in [1.54, 1.807) is 20.0 Å². The number of carbonyl (C=O) groups is 1. The van der Waals surface area contributed by atoms with E-state index in [2.05, 4.69) is 15.0 Å². The Balaban J connectivity index is 0.000000187. The van der Waals surface area contributed by atoms with E-state index < -0.39 is 0 Å². The minimum atomic E-state index is -0.249. The molecule has 1 aromatic rings. The molecule has 15 heavy (non-hydrogen) atoms. The first-order valence-corrected chi connectivity index (χ1v) is 5.39. The first-order chi connectivity index (χ1) is 7.24. The molecular weight excluding hydrogens is 192 g/mol. The van der Waals surface area contributed by atoms with Gasteiger partial charge in [-0.05, 0) is 6.92 Å². The second-order valence-electron chi connectivity index (χ2n) is 3.68. The molecule has 1 aliphatic carbocycles. The predicted octanol–water partition coefficient (Wildman–Crippen LogP) is 2.29. The average molecular weight is 210 g/mol. The number of carbonyl (C=O) groups excluding carboxylic acids is 1. The molecule has 0 bridgehead atoms. The summed E-state index contributed by atoms with van der Waals surface area (Å²) in [5.41, 5.74) is 0.707. The van der Waals surface area contributed by atoms with Crippen LogP contribution in [0.3, 0.4) is 0 Å². The Bertz CT molecular complexity index is 296. The third kappa shape index (κ3) is 4.14. The maximum absolute atomic E-state index is 10.8. The summed E-state index contributed by atoms with van der Waals surface area (Å²) < 4.78 is 4.65. The van der Waals surface area contributed by atoms with Gasteiger partial charge in [-0.15, -0.1) is 0 Å². The monoisotopic (exact) mass is 210 g/mol. The number of rotatable bonds is 1. The van der Waals surface area contributed by atoms with Crippen LogP contribution in [0, 0.1) is 6.92 Å². The van der Waals surface area contributed by atoms with Gasteiger partial charge in [-0.2, -0.15) is 0 Å². The summed E-state index contributed by atoms with van der Waals surface area (Å²) in [5, 5.41) is 5.97. The highest BCUT2D eigenvalue weighted by Gasteiger charge is 2.07. The van der Waals surface area contributed by atoms with Gasteiger partial charge in [0.05, 0.1) is 5.69 Å². The largest absolute Gasteiger partial charge is 0.352 e. The topological polar surface area (TPSA) is 55.1 Å². The molecule has 1 fully saturated rings. The van der Waals surface area contributed by atoms with Crippen LogP contribution in [-0.4, -0.2) is 18.1 Å². The van der Waals surface area contributed by atoms with E-state index in [-0.39, 0.29) is 11.7 Å². The van der Waals surface area contributed by atoms with Crippen LogP contribution in [-0.2, 0) is 0 Å². The minimum Gasteiger partial charge on any atom is -0.352 e. The van der Waals surface area contributed by atoms with Crippen molar-refractivity contribution >= 4 is 5.91 Å². The molecule has 0 atom stereocenters. The lowest BCUT2D eigenvalue weighted by Crippen LogP contribution is -2.16. The molecule has 4 nitrogen and oxygen atoms in total. The Morgan fingerprint density at radius 1 is 1.33 bits per heavy atom. The molecule has 1 aliphatic rings. The molecule has 1 amide bonds. The van der Waals surface area contributed by atoms with Crippen molar-refractivity contribution in [2.75, 3.05) is 7.05 Å². The summed E-state index contributed by atoms with van der Waals surface area (Å²) in [6, 6.07) is 1.58. The molecule has 1 N–H and O–H groups in total. The summed E-state index contributed by atoms with van der Waals surface area (Å²) in [4.78, 5) is 10.8. The summed E-state index contributed by atoms with van der Waals surface area (Å²) in [6.07, 6.45) is 7.50. The Labute approximate surface area is 90.0 Å². The Morgan fingerprint density at radius 3 is 2.20 bits per heavy atom. The van der Waals surface area contributed by atoms with Crippen LogP contribution < -0.4 is 5.32 Å². The van der Waals surface area contributed by atoms with Gasteiger partial charge < -0.3 is 9.84 Å². The molecule has 84 valence electrons. The van der Waals surface area contributed by atoms with Gasteiger partial charge in [0.1, 0.15) is 0 Å². The normalized spacial score (nSPS) is 14.3. The summed E-state index contributed by atoms with van der Waals surface area (Å²) in [6.45, 7) is 1.76. The SMILES string of the molecule is C1CCCC1.CNC(=O)c1cc(C)no1. The van der Waals surface area contributed by atoms with Gasteiger partial charge in [0.2, 0.25) is 5.76 Å². The second-order valence-corrected chi connectivity index (χ2v) is 3.68. The van der Waals surface area contributed by atoms with Crippen LogP contribution in [0.1, 0.15) is 48.4 Å². The van der Waals surface area contributed by atoms with Gasteiger partial charge in [-0.1, -0.05) is 37.3 Å². The lowest BCUT2D eigenvalue weighted by atomic mass is 10.4. The van der Waals surface area contributed by atoms with Gasteiger partial charge in [0, 0.05) is 13.1 Å². The number of hydrogen-bond acceptors (Lipinski definition) is 3. The maximum atomic E-state index is 10.8. The highest BCUT2D eigenvalue weighted by Crippen LogP contribution is 2.15. The quantitative estimate of drug-likeness (QED) is 0.773. The molecule has 1 aromatic heterocycles. The third-order valence-electron chi connectivity index (χ3n) is 2.33. The standard InChI is InChI=1S/C6H8N2O2.C5H10/c1-4-3-5(10-8-4)6(9)7-2;1-2-4-5-3-1/h3H,1-2H3,(H,7,9);1-5H2. The molecule has 1 saturated carbocycles. The fourth-order valence-corrected chi connectivity index (χ4v) is 1.48. The molecule has 1 heterocycles. The smallest absolute Gasteiger partial charge is 0.289 e. The molecular formula is C11H18N2O2. The highest BCUT2D eigenvalue weighted by molar-refractivity contribution is 5.91. The zero-order valence-electron chi connectivity index (χ0n) is 9.38. The number of nitrogens with zero attached hydrogens (tertiary/aromatic N) is 1. The van der Waals surface area contributed by atoms with Gasteiger partial charge in [0.25, 0.3) is 5.91 Å². The van der Waals surface area contributed by atoms with Crippen molar-refractivity contribution in [3.05, 3.63) is 17.5 Å². The van der Waals surface area contributed by atoms with Crippen LogP contribution in [0.4, 0.5) is 0 Å². The van der Waals surface area contributed by atoms with Gasteiger partial charge in [-0.25, -0.2) is 0 Å². The Morgan fingerprint density at radius 2 is 1.87 bits per heavy atom. The lowest BCUT2D eigenvalue weighted by Gasteiger charge is -1.88. The van der Waals surface area contributed by atoms with E-state index in [0.717, 1.165) is 0 Å². The molecule has 0 unspecified atom stereocenters. The van der Waals surface area contributed by atoms with Crippen molar-refractivity contribution in [1.82, 2.24) is 10.5 Å². The summed E-state index contributed by atoms with van der Waals surface area (Å²) in [5.74, 6) is 0.000556. The van der Waals surface area contributed by atoms with Crippen LogP contribution >= 0.6 is 0 Å². The van der Waals surface area contributed by atoms with Crippen LogP contribution in [0.15, 0.2) is 10.6 Å². The van der Waals surface area contributed by atoms with E-state index in [1.807, 2.05) is 0 Å². The lowest BCUT2D eigenvalue weighted by molar-refractivity contribution is 0.0926. The maximum Gasteiger partial charge on any atom is 0.289 e. The van der Waals surface area contributed by atoms with Gasteiger partial charge in [0.15, 0.2) is 0 Å². The first kappa shape index (κ1) is 11.8. The predicted molar refractivity (Wildman–Crippen MR) is 57.7 cm³/mol. The van der Waals surface area contributed by atoms with Crippen LogP contribution in [0.25, 0.3) is 0 Å². The molecule has 0 spiro atoms. The van der Waals surface area contributed by atoms with Crippen LogP contribution in [0.5, 0.6) is 0 Å². The number of aryl methyl sites for hydroxylation is 1. The zero-order chi connectivity index (χ0) is 11.1. The Kier molecular flexibility index (Phi) is 4.87. The molecule has 4 heteroatoms. The summed E-state index contributed by atoms with van der Waals surface area (Å²) >= 11 is 0. The van der Waals surface area contributed by atoms with Gasteiger partial charge in [-0.3, -0.25) is 4.79 Å². The minimum absolute atomic E-state index is 0.249. The highest BCUT2D eigenvalue weighted by atomic mass is 16.5. The number of amides is 1. The molecule has 0 aromatic carbocycles. The third-order valence-corrected chi connectivity index (χ3v) is 2.33. The molecule has 0 radical (unpaired) electrons. The van der Waals surface area contributed by atoms with E-state index in [0.29, 0.717) is 5.69 Å². The number of aromatic nitrogens is 1. The van der Waals surface area contributed by atoms with Crippen molar-refractivity contribution in [3.8, 4) is 0 Å². The first-order valence-electron chi connectivity index (χ1n) is 5.39. The number of hydrogen-bond donors (Lipinski definition) is 1. The van der Waals surface area contributed by atoms with E-state index in [4.69, 9.17) is 0 Å². The number of nitrogens with one attached hydrogen (secondary N) is 1. The summed E-state index contributed by atoms with van der Waals surface area (Å²) in [7, 11) is 1.54. The van der Waals surface area contributed by atoms with Crippen molar-refractivity contribution in [2.45, 2.75) is 39.0 Å². The second kappa shape index (κ2) is 6.22. The van der Waals surface area contributed by atoms with Crippen molar-refractivity contribution in [3.63, 3.8) is 0 Å². The fraction of sp³-hybridized carbons (Fsp3) is 0.636. The van der Waals surface area contributed by atoms with E-state index in [9.17, 15) is 4.79 Å². The average Bonchev–Trinajstić information content (AvgIpc) is 2.89. The zero-order valence-corrected chi connectivity index (χ0v) is 9.38. The van der Waals surface area contributed by atoms with Crippen LogP contribution in [0.2, 0.25) is 0 Å². The van der Waals surface area contributed by atoms with Crippen molar-refractivity contribution in [1.29, 1.82) is 0 Å². The van der Waals surface area contributed by atoms with Crippen molar-refractivity contribution in [2.24, 2.45) is 0 Å². The van der Waals surface area contributed by atoms with E-state index >= 15 is 0 Å². The van der Waals surface area contributed by atoms with Crippen molar-refractivity contribution < 1.29 is 9.32 Å². The van der Waals surface area contributed by atoms with Gasteiger partial charge >= 0.3 is 0 Å². The Hall–Kier alpha value is -1.32. The fourth-order valence-electron chi connectivity index (χ4n) is 1.48. The van der Waals surface area contributed by atoms with E-state index in [1.165, 1.54) is 32.1 Å². The molecule has 0 saturated heterocycles.